The number of rotatable bonds is 4. The fourth-order valence-corrected chi connectivity index (χ4v) is 1.85. The normalized spacial score (nSPS) is 10.5. The Bertz CT molecular complexity index is 186. The molecule has 3 nitrogen and oxygen atoms in total. The topological polar surface area (TPSA) is 27.7 Å². The molecule has 0 amide bonds. The van der Waals surface area contributed by atoms with Crippen LogP contribution in [0.4, 0.5) is 0 Å². The van der Waals surface area contributed by atoms with Crippen LogP contribution in [-0.2, 0) is 9.05 Å². The minimum atomic E-state index is -1.20. The van der Waals surface area contributed by atoms with Crippen molar-refractivity contribution in [1.82, 2.24) is 0 Å². The van der Waals surface area contributed by atoms with Crippen molar-refractivity contribution in [1.29, 1.82) is 0 Å². The molecule has 1 heterocycles. The quantitative estimate of drug-likeness (QED) is 0.686. The molecule has 62 valence electrons. The Balaban J connectivity index is 2.41. The molecule has 0 N–H and O–H groups in total. The van der Waals surface area contributed by atoms with E-state index in [0.717, 1.165) is 5.06 Å². The maximum Gasteiger partial charge on any atom is 0.397 e. The number of hydrogen-bond acceptors (Lipinski definition) is 4. The van der Waals surface area contributed by atoms with Crippen molar-refractivity contribution in [2.45, 2.75) is 0 Å². The van der Waals surface area contributed by atoms with Crippen LogP contribution in [0.5, 0.6) is 5.06 Å². The molecule has 1 aromatic rings. The molecule has 0 radical (unpaired) electrons. The molecule has 5 heteroatoms. The lowest BCUT2D eigenvalue weighted by molar-refractivity contribution is 0.279. The van der Waals surface area contributed by atoms with E-state index < -0.39 is 8.60 Å². The SMILES string of the molecule is COP(OC)Oc1cccs1. The third-order valence-corrected chi connectivity index (χ3v) is 2.77. The van der Waals surface area contributed by atoms with Gasteiger partial charge in [-0.2, -0.15) is 0 Å². The zero-order chi connectivity index (χ0) is 8.10. The Morgan fingerprint density at radius 2 is 2.09 bits per heavy atom. The Morgan fingerprint density at radius 3 is 2.55 bits per heavy atom. The highest BCUT2D eigenvalue weighted by molar-refractivity contribution is 7.42. The molecular weight excluding hydrogens is 183 g/mol. The van der Waals surface area contributed by atoms with Crippen molar-refractivity contribution in [2.24, 2.45) is 0 Å². The molecule has 0 aliphatic carbocycles. The Morgan fingerprint density at radius 1 is 1.36 bits per heavy atom. The van der Waals surface area contributed by atoms with E-state index in [1.54, 1.807) is 14.2 Å². The lowest BCUT2D eigenvalue weighted by atomic mass is 10.7. The van der Waals surface area contributed by atoms with Crippen LogP contribution in [0.1, 0.15) is 0 Å². The van der Waals surface area contributed by atoms with Crippen LogP contribution in [0.15, 0.2) is 17.5 Å². The summed E-state index contributed by atoms with van der Waals surface area (Å²) in [6, 6.07) is 3.79. The molecule has 0 spiro atoms. The Labute approximate surface area is 70.9 Å². The van der Waals surface area contributed by atoms with Crippen molar-refractivity contribution in [3.05, 3.63) is 17.5 Å². The Hall–Kier alpha value is -0.150. The van der Waals surface area contributed by atoms with Crippen molar-refractivity contribution in [3.8, 4) is 5.06 Å². The van der Waals surface area contributed by atoms with Crippen LogP contribution < -0.4 is 4.52 Å². The fraction of sp³-hybridized carbons (Fsp3) is 0.333. The maximum atomic E-state index is 5.29. The van der Waals surface area contributed by atoms with Crippen molar-refractivity contribution in [3.63, 3.8) is 0 Å². The van der Waals surface area contributed by atoms with Gasteiger partial charge in [-0.25, -0.2) is 0 Å². The monoisotopic (exact) mass is 192 g/mol. The summed E-state index contributed by atoms with van der Waals surface area (Å²) < 4.78 is 15.1. The zero-order valence-electron chi connectivity index (χ0n) is 6.31. The first-order chi connectivity index (χ1) is 5.36. The van der Waals surface area contributed by atoms with Crippen LogP contribution in [0, 0.1) is 0 Å². The van der Waals surface area contributed by atoms with Gasteiger partial charge in [-0.15, -0.1) is 11.3 Å². The van der Waals surface area contributed by atoms with Crippen LogP contribution >= 0.6 is 19.9 Å². The third kappa shape index (κ3) is 2.75. The average Bonchev–Trinajstić information content (AvgIpc) is 2.52. The summed E-state index contributed by atoms with van der Waals surface area (Å²) in [6.45, 7) is 0. The van der Waals surface area contributed by atoms with Gasteiger partial charge < -0.3 is 13.6 Å². The van der Waals surface area contributed by atoms with E-state index in [0.29, 0.717) is 0 Å². The van der Waals surface area contributed by atoms with Gasteiger partial charge in [-0.1, -0.05) is 0 Å². The summed E-state index contributed by atoms with van der Waals surface area (Å²) in [4.78, 5) is 0. The summed E-state index contributed by atoms with van der Waals surface area (Å²) in [5.41, 5.74) is 0. The van der Waals surface area contributed by atoms with Gasteiger partial charge in [0.25, 0.3) is 0 Å². The molecule has 0 fully saturated rings. The van der Waals surface area contributed by atoms with Crippen molar-refractivity contribution >= 4 is 19.9 Å². The van der Waals surface area contributed by atoms with Gasteiger partial charge in [0, 0.05) is 14.2 Å². The number of thiophene rings is 1. The summed E-state index contributed by atoms with van der Waals surface area (Å²) >= 11 is 1.52. The highest BCUT2D eigenvalue weighted by Crippen LogP contribution is 2.40. The Kier molecular flexibility index (Phi) is 3.80. The van der Waals surface area contributed by atoms with Gasteiger partial charge in [0.15, 0.2) is 5.06 Å². The van der Waals surface area contributed by atoms with Crippen LogP contribution in [0.2, 0.25) is 0 Å². The highest BCUT2D eigenvalue weighted by atomic mass is 32.1. The minimum Gasteiger partial charge on any atom is -0.416 e. The van der Waals surface area contributed by atoms with E-state index in [4.69, 9.17) is 13.6 Å². The zero-order valence-corrected chi connectivity index (χ0v) is 8.02. The van der Waals surface area contributed by atoms with Crippen LogP contribution in [0.3, 0.4) is 0 Å². The molecule has 0 saturated carbocycles. The molecule has 1 aromatic heterocycles. The van der Waals surface area contributed by atoms with Gasteiger partial charge >= 0.3 is 8.60 Å². The molecule has 0 aliphatic heterocycles. The first-order valence-corrected chi connectivity index (χ1v) is 4.94. The van der Waals surface area contributed by atoms with Crippen molar-refractivity contribution < 1.29 is 13.6 Å². The van der Waals surface area contributed by atoms with Gasteiger partial charge in [-0.05, 0) is 17.5 Å². The predicted octanol–water partition coefficient (Wildman–Crippen LogP) is 2.65. The second-order valence-electron chi connectivity index (χ2n) is 1.61. The molecule has 0 atom stereocenters. The number of hydrogen-bond donors (Lipinski definition) is 0. The lowest BCUT2D eigenvalue weighted by Crippen LogP contribution is -1.88. The summed E-state index contributed by atoms with van der Waals surface area (Å²) in [6.07, 6.45) is 0. The van der Waals surface area contributed by atoms with Crippen LogP contribution in [-0.4, -0.2) is 14.2 Å². The van der Waals surface area contributed by atoms with Gasteiger partial charge in [-0.3, -0.25) is 0 Å². The average molecular weight is 192 g/mol. The maximum absolute atomic E-state index is 5.29. The highest BCUT2D eigenvalue weighted by Gasteiger charge is 2.09. The first kappa shape index (κ1) is 8.94. The smallest absolute Gasteiger partial charge is 0.397 e. The molecule has 0 unspecified atom stereocenters. The van der Waals surface area contributed by atoms with Crippen LogP contribution in [0.25, 0.3) is 0 Å². The van der Waals surface area contributed by atoms with E-state index in [2.05, 4.69) is 0 Å². The second-order valence-corrected chi connectivity index (χ2v) is 3.88. The molecule has 1 rings (SSSR count). The molecule has 0 aromatic carbocycles. The third-order valence-electron chi connectivity index (χ3n) is 0.958. The van der Waals surface area contributed by atoms with Crippen molar-refractivity contribution in [2.75, 3.05) is 14.2 Å². The van der Waals surface area contributed by atoms with E-state index >= 15 is 0 Å². The van der Waals surface area contributed by atoms with Gasteiger partial charge in [0.2, 0.25) is 0 Å². The summed E-state index contributed by atoms with van der Waals surface area (Å²) in [5, 5.41) is 2.76. The molecule has 0 saturated heterocycles. The minimum absolute atomic E-state index is 0.819. The standard InChI is InChI=1S/C6H9O3PS/c1-7-10(8-2)9-6-4-3-5-11-6/h3-5H,1-2H3. The van der Waals surface area contributed by atoms with E-state index in [9.17, 15) is 0 Å². The second kappa shape index (κ2) is 4.67. The predicted molar refractivity (Wildman–Crippen MR) is 45.9 cm³/mol. The molecule has 0 aliphatic rings. The molecule has 11 heavy (non-hydrogen) atoms. The van der Waals surface area contributed by atoms with E-state index in [-0.39, 0.29) is 0 Å². The summed E-state index contributed by atoms with van der Waals surface area (Å²) in [7, 11) is 1.92. The van der Waals surface area contributed by atoms with Gasteiger partial charge in [0.1, 0.15) is 0 Å². The largest absolute Gasteiger partial charge is 0.416 e. The summed E-state index contributed by atoms with van der Waals surface area (Å²) in [5.74, 6) is 0. The lowest BCUT2D eigenvalue weighted by Gasteiger charge is -2.09. The molecule has 0 bridgehead atoms. The molecular formula is C6H9O3PS. The van der Waals surface area contributed by atoms with E-state index in [1.807, 2.05) is 17.5 Å². The van der Waals surface area contributed by atoms with Gasteiger partial charge in [0.05, 0.1) is 0 Å². The first-order valence-electron chi connectivity index (χ1n) is 2.96. The fourth-order valence-electron chi connectivity index (χ4n) is 0.538. The van der Waals surface area contributed by atoms with E-state index in [1.165, 1.54) is 11.3 Å².